The first-order chi connectivity index (χ1) is 6.50. The number of amides is 1. The Morgan fingerprint density at radius 2 is 2.43 bits per heavy atom. The van der Waals surface area contributed by atoms with Crippen LogP contribution in [0.15, 0.2) is 17.7 Å². The SMILES string of the molecule is C=C(Cl)CNC(=O)c1cc(N)c(C)s1. The van der Waals surface area contributed by atoms with Gasteiger partial charge in [0, 0.05) is 15.6 Å². The number of anilines is 1. The number of carbonyl (C=O) groups excluding carboxylic acids is 1. The quantitative estimate of drug-likeness (QED) is 0.836. The molecule has 1 aromatic heterocycles. The minimum Gasteiger partial charge on any atom is -0.398 e. The Morgan fingerprint density at radius 3 is 2.86 bits per heavy atom. The highest BCUT2D eigenvalue weighted by Crippen LogP contribution is 2.23. The van der Waals surface area contributed by atoms with Crippen LogP contribution in [0.1, 0.15) is 14.5 Å². The summed E-state index contributed by atoms with van der Waals surface area (Å²) >= 11 is 6.88. The van der Waals surface area contributed by atoms with Gasteiger partial charge < -0.3 is 11.1 Å². The van der Waals surface area contributed by atoms with Crippen molar-refractivity contribution in [2.24, 2.45) is 0 Å². The molecule has 14 heavy (non-hydrogen) atoms. The third kappa shape index (κ3) is 2.75. The monoisotopic (exact) mass is 230 g/mol. The van der Waals surface area contributed by atoms with E-state index in [9.17, 15) is 4.79 Å². The number of nitrogens with one attached hydrogen (secondary N) is 1. The Bertz CT molecular complexity index is 353. The van der Waals surface area contributed by atoms with Crippen molar-refractivity contribution in [3.8, 4) is 0 Å². The van der Waals surface area contributed by atoms with Gasteiger partial charge in [-0.1, -0.05) is 18.2 Å². The number of carbonyl (C=O) groups is 1. The van der Waals surface area contributed by atoms with Gasteiger partial charge in [0.05, 0.1) is 11.4 Å². The molecule has 0 fully saturated rings. The number of halogens is 1. The molecule has 0 aliphatic rings. The van der Waals surface area contributed by atoms with Crippen LogP contribution in [0.3, 0.4) is 0 Å². The maximum Gasteiger partial charge on any atom is 0.261 e. The van der Waals surface area contributed by atoms with Crippen LogP contribution in [0.25, 0.3) is 0 Å². The zero-order valence-electron chi connectivity index (χ0n) is 7.76. The summed E-state index contributed by atoms with van der Waals surface area (Å²) in [5.41, 5.74) is 6.26. The number of aryl methyl sites for hydroxylation is 1. The molecule has 0 radical (unpaired) electrons. The fourth-order valence-electron chi connectivity index (χ4n) is 0.871. The normalized spacial score (nSPS) is 9.86. The summed E-state index contributed by atoms with van der Waals surface area (Å²) in [7, 11) is 0. The Labute approximate surface area is 91.6 Å². The molecule has 3 N–H and O–H groups in total. The van der Waals surface area contributed by atoms with E-state index in [1.165, 1.54) is 11.3 Å². The zero-order chi connectivity index (χ0) is 10.7. The highest BCUT2D eigenvalue weighted by molar-refractivity contribution is 7.14. The van der Waals surface area contributed by atoms with Gasteiger partial charge in [0.25, 0.3) is 5.91 Å². The van der Waals surface area contributed by atoms with Gasteiger partial charge in [-0.05, 0) is 13.0 Å². The van der Waals surface area contributed by atoms with Crippen LogP contribution < -0.4 is 11.1 Å². The minimum absolute atomic E-state index is 0.170. The van der Waals surface area contributed by atoms with Gasteiger partial charge in [0.2, 0.25) is 0 Å². The third-order valence-electron chi connectivity index (χ3n) is 1.62. The van der Waals surface area contributed by atoms with Gasteiger partial charge in [-0.3, -0.25) is 4.79 Å². The summed E-state index contributed by atoms with van der Waals surface area (Å²) in [5, 5.41) is 3.03. The van der Waals surface area contributed by atoms with E-state index in [1.54, 1.807) is 6.07 Å². The maximum atomic E-state index is 11.5. The molecule has 0 atom stereocenters. The van der Waals surface area contributed by atoms with Crippen molar-refractivity contribution in [3.63, 3.8) is 0 Å². The molecule has 5 heteroatoms. The van der Waals surface area contributed by atoms with E-state index >= 15 is 0 Å². The lowest BCUT2D eigenvalue weighted by molar-refractivity contribution is 0.0961. The number of hydrogen-bond acceptors (Lipinski definition) is 3. The molecule has 3 nitrogen and oxygen atoms in total. The van der Waals surface area contributed by atoms with E-state index in [1.807, 2.05) is 6.92 Å². The first-order valence-corrected chi connectivity index (χ1v) is 5.17. The highest BCUT2D eigenvalue weighted by atomic mass is 35.5. The smallest absolute Gasteiger partial charge is 0.261 e. The predicted octanol–water partition coefficient (Wildman–Crippen LogP) is 2.12. The van der Waals surface area contributed by atoms with Crippen LogP contribution in [0.4, 0.5) is 5.69 Å². The summed E-state index contributed by atoms with van der Waals surface area (Å²) < 4.78 is 0. The highest BCUT2D eigenvalue weighted by Gasteiger charge is 2.10. The summed E-state index contributed by atoms with van der Waals surface area (Å²) in [6.45, 7) is 5.62. The number of thiophene rings is 1. The number of nitrogens with two attached hydrogens (primary N) is 1. The van der Waals surface area contributed by atoms with Gasteiger partial charge in [-0.25, -0.2) is 0 Å². The molecule has 0 unspecified atom stereocenters. The summed E-state index contributed by atoms with van der Waals surface area (Å²) in [6, 6.07) is 1.66. The molecule has 1 heterocycles. The first kappa shape index (κ1) is 11.1. The summed E-state index contributed by atoms with van der Waals surface area (Å²) in [4.78, 5) is 13.0. The molecule has 1 amide bonds. The second kappa shape index (κ2) is 4.48. The van der Waals surface area contributed by atoms with E-state index in [4.69, 9.17) is 17.3 Å². The van der Waals surface area contributed by atoms with Crippen molar-refractivity contribution >= 4 is 34.5 Å². The van der Waals surface area contributed by atoms with Crippen LogP contribution in [-0.2, 0) is 0 Å². The first-order valence-electron chi connectivity index (χ1n) is 3.98. The summed E-state index contributed by atoms with van der Waals surface area (Å²) in [5.74, 6) is -0.170. The van der Waals surface area contributed by atoms with E-state index < -0.39 is 0 Å². The van der Waals surface area contributed by atoms with Gasteiger partial charge in [0.15, 0.2) is 0 Å². The van der Waals surface area contributed by atoms with Crippen LogP contribution in [0.2, 0.25) is 0 Å². The minimum atomic E-state index is -0.170. The third-order valence-corrected chi connectivity index (χ3v) is 2.82. The zero-order valence-corrected chi connectivity index (χ0v) is 9.34. The Hall–Kier alpha value is -1.00. The Morgan fingerprint density at radius 1 is 1.79 bits per heavy atom. The fraction of sp³-hybridized carbons (Fsp3) is 0.222. The lowest BCUT2D eigenvalue weighted by Crippen LogP contribution is -2.23. The average molecular weight is 231 g/mol. The largest absolute Gasteiger partial charge is 0.398 e. The molecule has 0 aliphatic heterocycles. The van der Waals surface area contributed by atoms with Crippen molar-refractivity contribution in [1.82, 2.24) is 5.32 Å². The van der Waals surface area contributed by atoms with Crippen molar-refractivity contribution in [2.75, 3.05) is 12.3 Å². The van der Waals surface area contributed by atoms with Gasteiger partial charge >= 0.3 is 0 Å². The summed E-state index contributed by atoms with van der Waals surface area (Å²) in [6.07, 6.45) is 0. The molecule has 1 aromatic rings. The second-order valence-electron chi connectivity index (χ2n) is 2.82. The maximum absolute atomic E-state index is 11.5. The van der Waals surface area contributed by atoms with Crippen LogP contribution >= 0.6 is 22.9 Å². The predicted molar refractivity (Wildman–Crippen MR) is 60.8 cm³/mol. The van der Waals surface area contributed by atoms with Crippen LogP contribution in [-0.4, -0.2) is 12.5 Å². The van der Waals surface area contributed by atoms with E-state index in [-0.39, 0.29) is 12.5 Å². The van der Waals surface area contributed by atoms with Gasteiger partial charge in [0.1, 0.15) is 0 Å². The van der Waals surface area contributed by atoms with Crippen molar-refractivity contribution in [1.29, 1.82) is 0 Å². The van der Waals surface area contributed by atoms with Crippen molar-refractivity contribution < 1.29 is 4.79 Å². The van der Waals surface area contributed by atoms with Crippen LogP contribution in [0.5, 0.6) is 0 Å². The lowest BCUT2D eigenvalue weighted by Gasteiger charge is -2.00. The van der Waals surface area contributed by atoms with Gasteiger partial charge in [-0.15, -0.1) is 11.3 Å². The van der Waals surface area contributed by atoms with Crippen molar-refractivity contribution in [3.05, 3.63) is 27.4 Å². The number of rotatable bonds is 3. The van der Waals surface area contributed by atoms with Gasteiger partial charge in [-0.2, -0.15) is 0 Å². The number of hydrogen-bond donors (Lipinski definition) is 2. The molecular formula is C9H11ClN2OS. The molecule has 0 aromatic carbocycles. The average Bonchev–Trinajstić information content (AvgIpc) is 2.43. The fourth-order valence-corrected chi connectivity index (χ4v) is 1.80. The molecule has 1 rings (SSSR count). The molecular weight excluding hydrogens is 220 g/mol. The standard InChI is InChI=1S/C9H11ClN2OS/c1-5(10)4-12-9(13)8-3-7(11)6(2)14-8/h3H,1,4,11H2,2H3,(H,12,13). The van der Waals surface area contributed by atoms with E-state index in [0.29, 0.717) is 15.6 Å². The Kier molecular flexibility index (Phi) is 3.55. The molecule has 0 aliphatic carbocycles. The number of nitrogen functional groups attached to an aromatic ring is 1. The molecule has 0 bridgehead atoms. The molecule has 0 spiro atoms. The van der Waals surface area contributed by atoms with E-state index in [0.717, 1.165) is 4.88 Å². The molecule has 76 valence electrons. The second-order valence-corrected chi connectivity index (χ2v) is 4.61. The molecule has 0 saturated carbocycles. The molecule has 0 saturated heterocycles. The lowest BCUT2D eigenvalue weighted by atomic mass is 10.3. The van der Waals surface area contributed by atoms with Crippen molar-refractivity contribution in [2.45, 2.75) is 6.92 Å². The Balaban J connectivity index is 2.65. The topological polar surface area (TPSA) is 55.1 Å². The van der Waals surface area contributed by atoms with E-state index in [2.05, 4.69) is 11.9 Å². The van der Waals surface area contributed by atoms with Crippen LogP contribution in [0, 0.1) is 6.92 Å².